The molecule has 2 aromatic carbocycles. The van der Waals surface area contributed by atoms with Gasteiger partial charge in [0.15, 0.2) is 0 Å². The number of nitrogens with zero attached hydrogens (tertiary/aromatic N) is 4. The van der Waals surface area contributed by atoms with E-state index in [2.05, 4.69) is 52.5 Å². The van der Waals surface area contributed by atoms with Gasteiger partial charge in [0.2, 0.25) is 0 Å². The number of urea groups is 1. The summed E-state index contributed by atoms with van der Waals surface area (Å²) in [7, 11) is 0. The molecule has 6 rings (SSSR count). The van der Waals surface area contributed by atoms with E-state index in [1.807, 2.05) is 23.2 Å². The average molecular weight is 497 g/mol. The van der Waals surface area contributed by atoms with Crippen LogP contribution in [0.2, 0.25) is 0 Å². The quantitative estimate of drug-likeness (QED) is 0.367. The minimum atomic E-state index is -0.0527. The number of nitrogens with one attached hydrogen (secondary N) is 2. The van der Waals surface area contributed by atoms with Crippen molar-refractivity contribution in [2.24, 2.45) is 16.9 Å². The summed E-state index contributed by atoms with van der Waals surface area (Å²) in [6.45, 7) is 3.58. The van der Waals surface area contributed by atoms with Crippen molar-refractivity contribution in [3.05, 3.63) is 71.8 Å². The van der Waals surface area contributed by atoms with Crippen LogP contribution in [-0.4, -0.2) is 39.8 Å². The van der Waals surface area contributed by atoms with Crippen molar-refractivity contribution in [1.82, 2.24) is 15.0 Å². The molecule has 7 heteroatoms. The van der Waals surface area contributed by atoms with Crippen LogP contribution < -0.4 is 10.2 Å². The van der Waals surface area contributed by atoms with E-state index in [0.29, 0.717) is 18.4 Å². The Hall–Kier alpha value is -3.61. The number of aryl methyl sites for hydroxylation is 1. The van der Waals surface area contributed by atoms with E-state index in [9.17, 15) is 4.79 Å². The Bertz CT molecular complexity index is 1260. The van der Waals surface area contributed by atoms with E-state index >= 15 is 0 Å². The standard InChI is InChI=1S/C30H36N6O/c1-21-7-14-26-27(19-21)36(25-12-10-24(11-13-25)31-16-15-28-32-17-18-33-28)30(37)35(20-22-8-9-22)34-29(26)23-5-3-2-4-6-23/h7,10-14,17-19,22-23,31H,2-6,8-9,15-16,20H2,1H3,(H,32,33). The second kappa shape index (κ2) is 10.4. The predicted molar refractivity (Wildman–Crippen MR) is 148 cm³/mol. The van der Waals surface area contributed by atoms with Gasteiger partial charge in [0.1, 0.15) is 5.82 Å². The molecule has 2 fully saturated rings. The maximum absolute atomic E-state index is 14.1. The number of carbonyl (C=O) groups is 1. The molecule has 3 aliphatic rings. The maximum atomic E-state index is 14.1. The molecule has 1 aromatic heterocycles. The Labute approximate surface area is 219 Å². The third-order valence-corrected chi connectivity index (χ3v) is 7.80. The lowest BCUT2D eigenvalue weighted by molar-refractivity contribution is 0.207. The van der Waals surface area contributed by atoms with E-state index in [0.717, 1.165) is 65.5 Å². The van der Waals surface area contributed by atoms with Crippen molar-refractivity contribution < 1.29 is 4.79 Å². The fourth-order valence-electron chi connectivity index (χ4n) is 5.57. The maximum Gasteiger partial charge on any atom is 0.349 e. The van der Waals surface area contributed by atoms with Gasteiger partial charge in [-0.2, -0.15) is 5.10 Å². The van der Waals surface area contributed by atoms with Gasteiger partial charge in [-0.1, -0.05) is 31.4 Å². The van der Waals surface area contributed by atoms with Crippen LogP contribution in [0.25, 0.3) is 0 Å². The summed E-state index contributed by atoms with van der Waals surface area (Å²) >= 11 is 0. The highest BCUT2D eigenvalue weighted by Gasteiger charge is 2.36. The number of amides is 2. The van der Waals surface area contributed by atoms with Crippen LogP contribution in [0.5, 0.6) is 0 Å². The Kier molecular flexibility index (Phi) is 6.68. The monoisotopic (exact) mass is 496 g/mol. The highest BCUT2D eigenvalue weighted by molar-refractivity contribution is 6.14. The van der Waals surface area contributed by atoms with Gasteiger partial charge in [-0.3, -0.25) is 4.90 Å². The number of aromatic nitrogens is 2. The van der Waals surface area contributed by atoms with Gasteiger partial charge < -0.3 is 10.3 Å². The van der Waals surface area contributed by atoms with Crippen LogP contribution >= 0.6 is 0 Å². The number of fused-ring (bicyclic) bond motifs is 1. The number of aromatic amines is 1. The van der Waals surface area contributed by atoms with Crippen molar-refractivity contribution in [2.45, 2.75) is 58.3 Å². The second-order valence-corrected chi connectivity index (χ2v) is 10.7. The lowest BCUT2D eigenvalue weighted by Gasteiger charge is -2.27. The normalized spacial score (nSPS) is 18.4. The zero-order valence-corrected chi connectivity index (χ0v) is 21.6. The van der Waals surface area contributed by atoms with Gasteiger partial charge in [0.25, 0.3) is 0 Å². The molecule has 3 aromatic rings. The zero-order chi connectivity index (χ0) is 25.2. The minimum Gasteiger partial charge on any atom is -0.385 e. The summed E-state index contributed by atoms with van der Waals surface area (Å²) in [5.74, 6) is 1.94. The molecule has 1 aliphatic heterocycles. The molecule has 2 amide bonds. The van der Waals surface area contributed by atoms with E-state index < -0.39 is 0 Å². The van der Waals surface area contributed by atoms with Crippen LogP contribution in [0.1, 0.15) is 61.9 Å². The molecule has 2 heterocycles. The topological polar surface area (TPSA) is 76.6 Å². The Morgan fingerprint density at radius 2 is 1.84 bits per heavy atom. The molecule has 0 spiro atoms. The van der Waals surface area contributed by atoms with Crippen molar-refractivity contribution >= 4 is 28.8 Å². The fraction of sp³-hybridized carbons (Fsp3) is 0.433. The van der Waals surface area contributed by atoms with Crippen molar-refractivity contribution in [2.75, 3.05) is 23.3 Å². The first-order valence-corrected chi connectivity index (χ1v) is 13.8. The highest BCUT2D eigenvalue weighted by Crippen LogP contribution is 2.39. The molecule has 37 heavy (non-hydrogen) atoms. The molecule has 192 valence electrons. The molecule has 2 aliphatic carbocycles. The number of carbonyl (C=O) groups excluding carboxylic acids is 1. The molecule has 2 N–H and O–H groups in total. The lowest BCUT2D eigenvalue weighted by Crippen LogP contribution is -2.38. The second-order valence-electron chi connectivity index (χ2n) is 10.7. The van der Waals surface area contributed by atoms with Crippen LogP contribution in [-0.2, 0) is 6.42 Å². The number of benzene rings is 2. The molecule has 0 atom stereocenters. The first-order valence-electron chi connectivity index (χ1n) is 13.8. The number of imidazole rings is 1. The van der Waals surface area contributed by atoms with Gasteiger partial charge in [0.05, 0.1) is 17.1 Å². The summed E-state index contributed by atoms with van der Waals surface area (Å²) < 4.78 is 0. The van der Waals surface area contributed by atoms with Gasteiger partial charge in [0, 0.05) is 49.1 Å². The van der Waals surface area contributed by atoms with E-state index in [4.69, 9.17) is 5.10 Å². The Morgan fingerprint density at radius 1 is 1.03 bits per heavy atom. The smallest absolute Gasteiger partial charge is 0.349 e. The average Bonchev–Trinajstić information content (AvgIpc) is 3.61. The number of anilines is 3. The van der Waals surface area contributed by atoms with E-state index in [1.54, 1.807) is 11.2 Å². The number of hydrazone groups is 1. The van der Waals surface area contributed by atoms with Crippen LogP contribution in [0, 0.1) is 18.8 Å². The molecule has 0 bridgehead atoms. The van der Waals surface area contributed by atoms with Crippen molar-refractivity contribution in [3.63, 3.8) is 0 Å². The number of rotatable bonds is 8. The van der Waals surface area contributed by atoms with Crippen LogP contribution in [0.3, 0.4) is 0 Å². The molecule has 2 saturated carbocycles. The summed E-state index contributed by atoms with van der Waals surface area (Å²) in [5.41, 5.74) is 6.19. The fourth-order valence-corrected chi connectivity index (χ4v) is 5.57. The van der Waals surface area contributed by atoms with Crippen LogP contribution in [0.15, 0.2) is 60.0 Å². The van der Waals surface area contributed by atoms with E-state index in [1.165, 1.54) is 32.1 Å². The molecule has 7 nitrogen and oxygen atoms in total. The number of hydrogen-bond acceptors (Lipinski definition) is 4. The lowest BCUT2D eigenvalue weighted by atomic mass is 9.82. The zero-order valence-electron chi connectivity index (χ0n) is 21.6. The van der Waals surface area contributed by atoms with Gasteiger partial charge >= 0.3 is 6.03 Å². The summed E-state index contributed by atoms with van der Waals surface area (Å²) in [6, 6.07) is 14.6. The summed E-state index contributed by atoms with van der Waals surface area (Å²) in [4.78, 5) is 23.4. The molecular weight excluding hydrogens is 460 g/mol. The van der Waals surface area contributed by atoms with E-state index in [-0.39, 0.29) is 6.03 Å². The van der Waals surface area contributed by atoms with Crippen molar-refractivity contribution in [3.8, 4) is 0 Å². The number of hydrogen-bond donors (Lipinski definition) is 2. The number of H-pyrrole nitrogens is 1. The molecule has 0 unspecified atom stereocenters. The summed E-state index contributed by atoms with van der Waals surface area (Å²) in [5, 5.41) is 10.4. The Morgan fingerprint density at radius 3 is 2.57 bits per heavy atom. The molecule has 0 saturated heterocycles. The predicted octanol–water partition coefficient (Wildman–Crippen LogP) is 6.64. The third-order valence-electron chi connectivity index (χ3n) is 7.80. The first-order chi connectivity index (χ1) is 18.2. The SMILES string of the molecule is Cc1ccc2c(c1)N(c1ccc(NCCc3ncc[nH]3)cc1)C(=O)N(CC1CC1)N=C2C1CCCCC1. The largest absolute Gasteiger partial charge is 0.385 e. The molecular formula is C30H36N6O. The molecule has 0 radical (unpaired) electrons. The van der Waals surface area contributed by atoms with Crippen molar-refractivity contribution in [1.29, 1.82) is 0 Å². The summed E-state index contributed by atoms with van der Waals surface area (Å²) in [6.07, 6.45) is 12.9. The van der Waals surface area contributed by atoms with Crippen LogP contribution in [0.4, 0.5) is 21.9 Å². The Balaban J connectivity index is 1.32. The van der Waals surface area contributed by atoms with Gasteiger partial charge in [-0.25, -0.2) is 14.8 Å². The van der Waals surface area contributed by atoms with Gasteiger partial charge in [-0.05, 0) is 74.4 Å². The first kappa shape index (κ1) is 23.8. The highest BCUT2D eigenvalue weighted by atomic mass is 16.2. The third kappa shape index (κ3) is 5.26. The van der Waals surface area contributed by atoms with Gasteiger partial charge in [-0.15, -0.1) is 0 Å². The minimum absolute atomic E-state index is 0.0527.